The molecule has 0 atom stereocenters. The summed E-state index contributed by atoms with van der Waals surface area (Å²) in [4.78, 5) is 4.21. The Hall–Kier alpha value is -1.09. The number of ether oxygens (including phenoxy) is 2. The summed E-state index contributed by atoms with van der Waals surface area (Å²) in [7, 11) is 1.66. The lowest BCUT2D eigenvalue weighted by atomic mass is 10.3. The Balaban J connectivity index is 2.54. The molecule has 0 bridgehead atoms. The molecule has 0 saturated carbocycles. The molecule has 1 rings (SSSR count). The van der Waals surface area contributed by atoms with Crippen molar-refractivity contribution in [2.45, 2.75) is 13.3 Å². The van der Waals surface area contributed by atoms with Gasteiger partial charge < -0.3 is 9.47 Å². The number of rotatable bonds is 5. The first-order chi connectivity index (χ1) is 6.38. The maximum absolute atomic E-state index is 5.48. The third-order valence-electron chi connectivity index (χ3n) is 1.73. The highest BCUT2D eigenvalue weighted by Gasteiger charge is 2.00. The zero-order valence-electron chi connectivity index (χ0n) is 8.12. The van der Waals surface area contributed by atoms with Gasteiger partial charge in [0.2, 0.25) is 0 Å². The van der Waals surface area contributed by atoms with Crippen LogP contribution in [-0.4, -0.2) is 25.3 Å². The first-order valence-electron chi connectivity index (χ1n) is 4.44. The summed E-state index contributed by atoms with van der Waals surface area (Å²) in [6.45, 7) is 3.25. The average Bonchev–Trinajstić information content (AvgIpc) is 2.19. The van der Waals surface area contributed by atoms with Crippen LogP contribution >= 0.6 is 0 Å². The molecule has 1 aromatic heterocycles. The van der Waals surface area contributed by atoms with Crippen molar-refractivity contribution in [3.8, 4) is 5.75 Å². The van der Waals surface area contributed by atoms with Crippen molar-refractivity contribution in [2.75, 3.05) is 20.3 Å². The van der Waals surface area contributed by atoms with E-state index in [2.05, 4.69) is 11.9 Å². The van der Waals surface area contributed by atoms with Crippen LogP contribution in [-0.2, 0) is 11.2 Å². The first kappa shape index (κ1) is 9.99. The summed E-state index contributed by atoms with van der Waals surface area (Å²) in [5.74, 6) is 0.863. The molecule has 0 radical (unpaired) electrons. The summed E-state index contributed by atoms with van der Waals surface area (Å²) in [6.07, 6.45) is 2.67. The first-order valence-corrected chi connectivity index (χ1v) is 4.44. The second kappa shape index (κ2) is 5.54. The minimum Gasteiger partial charge on any atom is -0.489 e. The number of hydrogen-bond donors (Lipinski definition) is 0. The van der Waals surface area contributed by atoms with Gasteiger partial charge in [0.25, 0.3) is 0 Å². The number of pyridine rings is 1. The Morgan fingerprint density at radius 1 is 1.38 bits per heavy atom. The number of aryl methyl sites for hydroxylation is 1. The molecule has 0 amide bonds. The Morgan fingerprint density at radius 2 is 2.23 bits per heavy atom. The molecule has 0 aromatic carbocycles. The van der Waals surface area contributed by atoms with Crippen LogP contribution in [0.1, 0.15) is 12.6 Å². The van der Waals surface area contributed by atoms with Crippen molar-refractivity contribution >= 4 is 0 Å². The van der Waals surface area contributed by atoms with Crippen LogP contribution in [0, 0.1) is 0 Å². The third-order valence-corrected chi connectivity index (χ3v) is 1.73. The van der Waals surface area contributed by atoms with E-state index in [0.29, 0.717) is 13.2 Å². The van der Waals surface area contributed by atoms with Crippen molar-refractivity contribution < 1.29 is 9.47 Å². The molecule has 0 fully saturated rings. The fourth-order valence-corrected chi connectivity index (χ4v) is 1.06. The molecule has 0 spiro atoms. The van der Waals surface area contributed by atoms with E-state index in [4.69, 9.17) is 9.47 Å². The summed E-state index contributed by atoms with van der Waals surface area (Å²) >= 11 is 0. The minimum atomic E-state index is 0.579. The van der Waals surface area contributed by atoms with E-state index in [1.807, 2.05) is 12.1 Å². The standard InChI is InChI=1S/C10H15NO2/c1-3-9-10(5-4-6-11-9)13-8-7-12-2/h4-6H,3,7-8H2,1-2H3. The summed E-state index contributed by atoms with van der Waals surface area (Å²) < 4.78 is 10.4. The predicted octanol–water partition coefficient (Wildman–Crippen LogP) is 1.67. The summed E-state index contributed by atoms with van der Waals surface area (Å²) in [5.41, 5.74) is 0.999. The van der Waals surface area contributed by atoms with Crippen molar-refractivity contribution in [1.82, 2.24) is 4.98 Å². The molecule has 0 saturated heterocycles. The number of hydrogen-bond acceptors (Lipinski definition) is 3. The molecule has 3 nitrogen and oxygen atoms in total. The molecule has 0 aliphatic carbocycles. The zero-order valence-corrected chi connectivity index (χ0v) is 8.12. The summed E-state index contributed by atoms with van der Waals surface area (Å²) in [5, 5.41) is 0. The molecule has 1 heterocycles. The van der Waals surface area contributed by atoms with Gasteiger partial charge in [0.1, 0.15) is 12.4 Å². The smallest absolute Gasteiger partial charge is 0.140 e. The van der Waals surface area contributed by atoms with Crippen LogP contribution in [0.2, 0.25) is 0 Å². The molecule has 13 heavy (non-hydrogen) atoms. The van der Waals surface area contributed by atoms with E-state index >= 15 is 0 Å². The highest BCUT2D eigenvalue weighted by atomic mass is 16.5. The highest BCUT2D eigenvalue weighted by molar-refractivity contribution is 5.26. The van der Waals surface area contributed by atoms with Crippen molar-refractivity contribution in [3.63, 3.8) is 0 Å². The predicted molar refractivity (Wildman–Crippen MR) is 51.0 cm³/mol. The van der Waals surface area contributed by atoms with Crippen molar-refractivity contribution in [3.05, 3.63) is 24.0 Å². The maximum Gasteiger partial charge on any atom is 0.140 e. The number of nitrogens with zero attached hydrogens (tertiary/aromatic N) is 1. The topological polar surface area (TPSA) is 31.4 Å². The molecule has 0 aliphatic rings. The SMILES string of the molecule is CCc1ncccc1OCCOC. The Morgan fingerprint density at radius 3 is 2.92 bits per heavy atom. The van der Waals surface area contributed by atoms with Crippen LogP contribution in [0.5, 0.6) is 5.75 Å². The lowest BCUT2D eigenvalue weighted by Gasteiger charge is -2.08. The van der Waals surface area contributed by atoms with E-state index in [9.17, 15) is 0 Å². The van der Waals surface area contributed by atoms with Crippen LogP contribution < -0.4 is 4.74 Å². The van der Waals surface area contributed by atoms with Crippen LogP contribution in [0.15, 0.2) is 18.3 Å². The fourth-order valence-electron chi connectivity index (χ4n) is 1.06. The molecule has 0 aliphatic heterocycles. The van der Waals surface area contributed by atoms with Gasteiger partial charge in [-0.15, -0.1) is 0 Å². The van der Waals surface area contributed by atoms with Crippen molar-refractivity contribution in [1.29, 1.82) is 0 Å². The van der Waals surface area contributed by atoms with E-state index in [1.54, 1.807) is 13.3 Å². The fraction of sp³-hybridized carbons (Fsp3) is 0.500. The number of methoxy groups -OCH3 is 1. The second-order valence-corrected chi connectivity index (χ2v) is 2.64. The second-order valence-electron chi connectivity index (χ2n) is 2.64. The normalized spacial score (nSPS) is 10.0. The van der Waals surface area contributed by atoms with Gasteiger partial charge in [-0.25, -0.2) is 0 Å². The Bertz CT molecular complexity index is 250. The van der Waals surface area contributed by atoms with Crippen LogP contribution in [0.25, 0.3) is 0 Å². The van der Waals surface area contributed by atoms with Gasteiger partial charge in [0.15, 0.2) is 0 Å². The van der Waals surface area contributed by atoms with E-state index < -0.39 is 0 Å². The number of aromatic nitrogens is 1. The van der Waals surface area contributed by atoms with Gasteiger partial charge in [0, 0.05) is 13.3 Å². The Labute approximate surface area is 78.7 Å². The average molecular weight is 181 g/mol. The van der Waals surface area contributed by atoms with Gasteiger partial charge in [-0.1, -0.05) is 6.92 Å². The maximum atomic E-state index is 5.48. The highest BCUT2D eigenvalue weighted by Crippen LogP contribution is 2.14. The van der Waals surface area contributed by atoms with Crippen LogP contribution in [0.3, 0.4) is 0 Å². The van der Waals surface area contributed by atoms with E-state index in [-0.39, 0.29) is 0 Å². The monoisotopic (exact) mass is 181 g/mol. The van der Waals surface area contributed by atoms with Crippen molar-refractivity contribution in [2.24, 2.45) is 0 Å². The van der Waals surface area contributed by atoms with Gasteiger partial charge in [-0.05, 0) is 18.6 Å². The lowest BCUT2D eigenvalue weighted by molar-refractivity contribution is 0.145. The van der Waals surface area contributed by atoms with E-state index in [1.165, 1.54) is 0 Å². The molecule has 0 N–H and O–H groups in total. The van der Waals surface area contributed by atoms with Gasteiger partial charge in [0.05, 0.1) is 12.3 Å². The Kier molecular flexibility index (Phi) is 4.26. The quantitative estimate of drug-likeness (QED) is 0.647. The minimum absolute atomic E-state index is 0.579. The molecule has 72 valence electrons. The summed E-state index contributed by atoms with van der Waals surface area (Å²) in [6, 6.07) is 3.81. The third kappa shape index (κ3) is 3.03. The van der Waals surface area contributed by atoms with Gasteiger partial charge in [-0.2, -0.15) is 0 Å². The zero-order chi connectivity index (χ0) is 9.52. The van der Waals surface area contributed by atoms with Gasteiger partial charge in [-0.3, -0.25) is 4.98 Å². The van der Waals surface area contributed by atoms with Gasteiger partial charge >= 0.3 is 0 Å². The molecule has 1 aromatic rings. The van der Waals surface area contributed by atoms with Crippen LogP contribution in [0.4, 0.5) is 0 Å². The van der Waals surface area contributed by atoms with E-state index in [0.717, 1.165) is 17.9 Å². The lowest BCUT2D eigenvalue weighted by Crippen LogP contribution is -2.06. The molecular weight excluding hydrogens is 166 g/mol. The largest absolute Gasteiger partial charge is 0.489 e. The molecular formula is C10H15NO2. The molecule has 0 unspecified atom stereocenters. The molecule has 3 heteroatoms.